The number of hydrogen-bond acceptors (Lipinski definition) is 3. The van der Waals surface area contributed by atoms with Crippen LogP contribution in [0, 0.1) is 0 Å². The number of hydrogen-bond donors (Lipinski definition) is 1. The van der Waals surface area contributed by atoms with Gasteiger partial charge in [0, 0.05) is 25.3 Å². The first-order valence-corrected chi connectivity index (χ1v) is 6.28. The van der Waals surface area contributed by atoms with Gasteiger partial charge < -0.3 is 10.2 Å². The quantitative estimate of drug-likeness (QED) is 0.878. The number of aromatic nitrogens is 1. The van der Waals surface area contributed by atoms with E-state index in [9.17, 15) is 0 Å². The van der Waals surface area contributed by atoms with Crippen LogP contribution in [0.1, 0.15) is 19.8 Å². The van der Waals surface area contributed by atoms with Crippen molar-refractivity contribution in [1.82, 2.24) is 10.3 Å². The van der Waals surface area contributed by atoms with Crippen molar-refractivity contribution in [3.05, 3.63) is 23.4 Å². The van der Waals surface area contributed by atoms with Crippen LogP contribution in [0.15, 0.2) is 18.3 Å². The molecule has 1 atom stereocenters. The molecule has 1 fully saturated rings. The number of likely N-dealkylation sites (N-methyl/N-ethyl adjacent to an activating group) is 1. The molecule has 0 aromatic carbocycles. The summed E-state index contributed by atoms with van der Waals surface area (Å²) in [5.74, 6) is 1.03. The number of nitrogens with one attached hydrogen (secondary N) is 1. The molecule has 1 N–H and O–H groups in total. The Morgan fingerprint density at radius 3 is 3.00 bits per heavy atom. The van der Waals surface area contributed by atoms with Crippen LogP contribution in [-0.4, -0.2) is 30.7 Å². The number of piperidine rings is 1. The molecule has 1 aromatic rings. The average Bonchev–Trinajstić information content (AvgIpc) is 2.34. The Bertz CT molecular complexity index is 320. The van der Waals surface area contributed by atoms with Gasteiger partial charge in [0.25, 0.3) is 0 Å². The van der Waals surface area contributed by atoms with E-state index < -0.39 is 0 Å². The zero-order valence-corrected chi connectivity index (χ0v) is 10.4. The zero-order chi connectivity index (χ0) is 11.4. The average molecular weight is 240 g/mol. The standard InChI is InChI=1S/C12H18ClN3/c1-2-16(11-4-3-7-14-9-11)12-6-5-10(13)8-15-12/h5-6,8,11,14H,2-4,7,9H2,1H3. The minimum absolute atomic E-state index is 0.562. The van der Waals surface area contributed by atoms with E-state index in [-0.39, 0.29) is 0 Å². The van der Waals surface area contributed by atoms with E-state index in [2.05, 4.69) is 22.1 Å². The highest BCUT2D eigenvalue weighted by molar-refractivity contribution is 6.30. The molecule has 0 bridgehead atoms. The van der Waals surface area contributed by atoms with Crippen molar-refractivity contribution in [1.29, 1.82) is 0 Å². The molecule has 1 aliphatic rings. The molecule has 88 valence electrons. The van der Waals surface area contributed by atoms with Gasteiger partial charge >= 0.3 is 0 Å². The summed E-state index contributed by atoms with van der Waals surface area (Å²) < 4.78 is 0. The molecule has 0 spiro atoms. The Morgan fingerprint density at radius 2 is 2.44 bits per heavy atom. The maximum absolute atomic E-state index is 5.85. The summed E-state index contributed by atoms with van der Waals surface area (Å²) in [5.41, 5.74) is 0. The highest BCUT2D eigenvalue weighted by Gasteiger charge is 2.20. The smallest absolute Gasteiger partial charge is 0.128 e. The van der Waals surface area contributed by atoms with Crippen LogP contribution < -0.4 is 10.2 Å². The predicted octanol–water partition coefficient (Wildman–Crippen LogP) is 2.31. The van der Waals surface area contributed by atoms with Gasteiger partial charge in [-0.1, -0.05) is 11.6 Å². The summed E-state index contributed by atoms with van der Waals surface area (Å²) in [4.78, 5) is 6.74. The van der Waals surface area contributed by atoms with Gasteiger partial charge in [-0.2, -0.15) is 0 Å². The van der Waals surface area contributed by atoms with Gasteiger partial charge in [0.1, 0.15) is 5.82 Å². The van der Waals surface area contributed by atoms with Gasteiger partial charge in [-0.15, -0.1) is 0 Å². The van der Waals surface area contributed by atoms with Crippen LogP contribution in [0.5, 0.6) is 0 Å². The molecule has 16 heavy (non-hydrogen) atoms. The molecular formula is C12H18ClN3. The van der Waals surface area contributed by atoms with Crippen molar-refractivity contribution in [2.24, 2.45) is 0 Å². The molecule has 1 saturated heterocycles. The van der Waals surface area contributed by atoms with Gasteiger partial charge in [-0.3, -0.25) is 0 Å². The second-order valence-corrected chi connectivity index (χ2v) is 4.56. The summed E-state index contributed by atoms with van der Waals surface area (Å²) in [5, 5.41) is 4.13. The van der Waals surface area contributed by atoms with Gasteiger partial charge in [0.05, 0.1) is 5.02 Å². The van der Waals surface area contributed by atoms with E-state index >= 15 is 0 Å². The Balaban J connectivity index is 2.11. The molecule has 2 heterocycles. The minimum atomic E-state index is 0.562. The van der Waals surface area contributed by atoms with Crippen LogP contribution in [0.3, 0.4) is 0 Å². The van der Waals surface area contributed by atoms with Gasteiger partial charge in [0.2, 0.25) is 0 Å². The highest BCUT2D eigenvalue weighted by Crippen LogP contribution is 2.19. The van der Waals surface area contributed by atoms with E-state index in [1.54, 1.807) is 6.20 Å². The van der Waals surface area contributed by atoms with Crippen LogP contribution in [0.25, 0.3) is 0 Å². The normalized spacial score (nSPS) is 20.8. The fourth-order valence-corrected chi connectivity index (χ4v) is 2.36. The molecular weight excluding hydrogens is 222 g/mol. The molecule has 4 heteroatoms. The third kappa shape index (κ3) is 2.66. The summed E-state index contributed by atoms with van der Waals surface area (Å²) in [7, 11) is 0. The first kappa shape index (κ1) is 11.7. The first-order valence-electron chi connectivity index (χ1n) is 5.90. The van der Waals surface area contributed by atoms with Gasteiger partial charge in [0.15, 0.2) is 0 Å². The number of halogens is 1. The molecule has 1 unspecified atom stereocenters. The monoisotopic (exact) mass is 239 g/mol. The Hall–Kier alpha value is -0.800. The number of pyridine rings is 1. The number of anilines is 1. The maximum Gasteiger partial charge on any atom is 0.128 e. The SMILES string of the molecule is CCN(c1ccc(Cl)cn1)C1CCCNC1. The lowest BCUT2D eigenvalue weighted by Crippen LogP contribution is -2.46. The minimum Gasteiger partial charge on any atom is -0.353 e. The molecule has 0 saturated carbocycles. The molecule has 1 aliphatic heterocycles. The fraction of sp³-hybridized carbons (Fsp3) is 0.583. The summed E-state index contributed by atoms with van der Waals surface area (Å²) in [6, 6.07) is 4.47. The second-order valence-electron chi connectivity index (χ2n) is 4.12. The van der Waals surface area contributed by atoms with Gasteiger partial charge in [-0.25, -0.2) is 4.98 Å². The Labute approximate surface area is 102 Å². The summed E-state index contributed by atoms with van der Waals surface area (Å²) in [6.07, 6.45) is 4.20. The molecule has 0 radical (unpaired) electrons. The molecule has 2 rings (SSSR count). The van der Waals surface area contributed by atoms with E-state index in [4.69, 9.17) is 11.6 Å². The van der Waals surface area contributed by atoms with Gasteiger partial charge in [-0.05, 0) is 38.4 Å². The molecule has 0 amide bonds. The maximum atomic E-state index is 5.85. The summed E-state index contributed by atoms with van der Waals surface area (Å²) >= 11 is 5.85. The molecule has 1 aromatic heterocycles. The van der Waals surface area contributed by atoms with Crippen molar-refractivity contribution < 1.29 is 0 Å². The van der Waals surface area contributed by atoms with Crippen LogP contribution in [0.2, 0.25) is 5.02 Å². The van der Waals surface area contributed by atoms with E-state index in [1.165, 1.54) is 12.8 Å². The second kappa shape index (κ2) is 5.51. The number of nitrogens with zero attached hydrogens (tertiary/aromatic N) is 2. The topological polar surface area (TPSA) is 28.2 Å². The third-order valence-corrected chi connectivity index (χ3v) is 3.28. The lowest BCUT2D eigenvalue weighted by atomic mass is 10.1. The van der Waals surface area contributed by atoms with Crippen molar-refractivity contribution in [2.75, 3.05) is 24.5 Å². The fourth-order valence-electron chi connectivity index (χ4n) is 2.24. The van der Waals surface area contributed by atoms with E-state index in [1.807, 2.05) is 12.1 Å². The summed E-state index contributed by atoms with van der Waals surface area (Å²) in [6.45, 7) is 5.35. The first-order chi connectivity index (χ1) is 7.81. The lowest BCUT2D eigenvalue weighted by molar-refractivity contribution is 0.433. The van der Waals surface area contributed by atoms with Crippen LogP contribution in [0.4, 0.5) is 5.82 Å². The van der Waals surface area contributed by atoms with Crippen LogP contribution in [-0.2, 0) is 0 Å². The lowest BCUT2D eigenvalue weighted by Gasteiger charge is -2.34. The third-order valence-electron chi connectivity index (χ3n) is 3.06. The molecule has 3 nitrogen and oxygen atoms in total. The van der Waals surface area contributed by atoms with Crippen molar-refractivity contribution in [3.63, 3.8) is 0 Å². The van der Waals surface area contributed by atoms with Crippen molar-refractivity contribution in [2.45, 2.75) is 25.8 Å². The zero-order valence-electron chi connectivity index (χ0n) is 9.62. The molecule has 0 aliphatic carbocycles. The van der Waals surface area contributed by atoms with Crippen molar-refractivity contribution >= 4 is 17.4 Å². The largest absolute Gasteiger partial charge is 0.353 e. The Kier molecular flexibility index (Phi) is 4.02. The van der Waals surface area contributed by atoms with Crippen molar-refractivity contribution in [3.8, 4) is 0 Å². The number of rotatable bonds is 3. The van der Waals surface area contributed by atoms with Crippen LogP contribution >= 0.6 is 11.6 Å². The van der Waals surface area contributed by atoms with E-state index in [0.717, 1.165) is 25.5 Å². The predicted molar refractivity (Wildman–Crippen MR) is 68.2 cm³/mol. The highest BCUT2D eigenvalue weighted by atomic mass is 35.5. The van der Waals surface area contributed by atoms with E-state index in [0.29, 0.717) is 11.1 Å². The Morgan fingerprint density at radius 1 is 1.56 bits per heavy atom.